The van der Waals surface area contributed by atoms with Crippen molar-refractivity contribution in [3.63, 3.8) is 0 Å². The highest BCUT2D eigenvalue weighted by atomic mass is 32.2. The molecule has 13 heavy (non-hydrogen) atoms. The summed E-state index contributed by atoms with van der Waals surface area (Å²) in [7, 11) is 1.94. The highest BCUT2D eigenvalue weighted by molar-refractivity contribution is 7.98. The molecule has 1 aromatic rings. The molecule has 74 valence electrons. The molecule has 0 amide bonds. The van der Waals surface area contributed by atoms with E-state index in [-0.39, 0.29) is 0 Å². The minimum absolute atomic E-state index is 0.321. The van der Waals surface area contributed by atoms with Gasteiger partial charge in [-0.3, -0.25) is 4.68 Å². The topological polar surface area (TPSA) is 43.8 Å². The van der Waals surface area contributed by atoms with Gasteiger partial charge in [-0.05, 0) is 24.7 Å². The Bertz CT molecular complexity index is 245. The molecule has 0 saturated heterocycles. The molecular weight excluding hydrogens is 182 g/mol. The zero-order valence-corrected chi connectivity index (χ0v) is 9.05. The van der Waals surface area contributed by atoms with Gasteiger partial charge in [0.15, 0.2) is 0 Å². The summed E-state index contributed by atoms with van der Waals surface area (Å²) in [6.07, 6.45) is 5.06. The van der Waals surface area contributed by atoms with Crippen molar-refractivity contribution in [1.82, 2.24) is 9.78 Å². The van der Waals surface area contributed by atoms with Crippen molar-refractivity contribution in [1.29, 1.82) is 0 Å². The third kappa shape index (κ3) is 4.33. The fourth-order valence-corrected chi connectivity index (χ4v) is 2.07. The number of nitrogens with zero attached hydrogens (tertiary/aromatic N) is 2. The third-order valence-corrected chi connectivity index (χ3v) is 2.81. The summed E-state index contributed by atoms with van der Waals surface area (Å²) in [5, 5.41) is 4.11. The Labute approximate surface area is 83.7 Å². The standard InChI is InChI=1S/C9H17N3S/c1-8(10)3-4-13-7-9-5-11-12(2)6-9/h5-6,8H,3-4,7,10H2,1-2H3. The lowest BCUT2D eigenvalue weighted by Gasteiger charge is -2.02. The van der Waals surface area contributed by atoms with Gasteiger partial charge in [-0.2, -0.15) is 16.9 Å². The van der Waals surface area contributed by atoms with Crippen LogP contribution in [0.15, 0.2) is 12.4 Å². The second kappa shape index (κ2) is 5.29. The maximum Gasteiger partial charge on any atom is 0.0530 e. The van der Waals surface area contributed by atoms with Crippen molar-refractivity contribution in [2.45, 2.75) is 25.1 Å². The number of rotatable bonds is 5. The number of hydrogen-bond acceptors (Lipinski definition) is 3. The number of aromatic nitrogens is 2. The van der Waals surface area contributed by atoms with Gasteiger partial charge in [-0.25, -0.2) is 0 Å². The Morgan fingerprint density at radius 2 is 2.46 bits per heavy atom. The van der Waals surface area contributed by atoms with Gasteiger partial charge in [-0.15, -0.1) is 0 Å². The molecule has 0 aliphatic heterocycles. The average molecular weight is 199 g/mol. The summed E-state index contributed by atoms with van der Waals surface area (Å²) in [4.78, 5) is 0. The second-order valence-electron chi connectivity index (χ2n) is 3.34. The van der Waals surface area contributed by atoms with Crippen LogP contribution in [0, 0.1) is 0 Å². The molecule has 0 fully saturated rings. The monoisotopic (exact) mass is 199 g/mol. The summed E-state index contributed by atoms with van der Waals surface area (Å²) in [5.74, 6) is 2.17. The van der Waals surface area contributed by atoms with Crippen molar-refractivity contribution in [2.75, 3.05) is 5.75 Å². The van der Waals surface area contributed by atoms with Crippen molar-refractivity contribution in [3.8, 4) is 0 Å². The Balaban J connectivity index is 2.13. The van der Waals surface area contributed by atoms with Crippen molar-refractivity contribution >= 4 is 11.8 Å². The van der Waals surface area contributed by atoms with E-state index in [0.29, 0.717) is 6.04 Å². The fraction of sp³-hybridized carbons (Fsp3) is 0.667. The van der Waals surface area contributed by atoms with Crippen LogP contribution in [-0.4, -0.2) is 21.6 Å². The zero-order chi connectivity index (χ0) is 9.68. The summed E-state index contributed by atoms with van der Waals surface area (Å²) < 4.78 is 1.83. The molecule has 1 heterocycles. The Morgan fingerprint density at radius 3 is 3.00 bits per heavy atom. The summed E-state index contributed by atoms with van der Waals surface area (Å²) in [6.45, 7) is 2.05. The van der Waals surface area contributed by atoms with Crippen LogP contribution in [0.5, 0.6) is 0 Å². The molecule has 0 aliphatic carbocycles. The molecule has 0 spiro atoms. The first-order chi connectivity index (χ1) is 6.18. The molecule has 4 heteroatoms. The third-order valence-electron chi connectivity index (χ3n) is 1.74. The predicted octanol–water partition coefficient (Wildman–Crippen LogP) is 1.39. The molecule has 0 aliphatic rings. The van der Waals surface area contributed by atoms with Gasteiger partial charge >= 0.3 is 0 Å². The van der Waals surface area contributed by atoms with Crippen LogP contribution in [0.4, 0.5) is 0 Å². The highest BCUT2D eigenvalue weighted by Gasteiger charge is 1.97. The lowest BCUT2D eigenvalue weighted by Crippen LogP contribution is -2.15. The lowest BCUT2D eigenvalue weighted by molar-refractivity contribution is 0.721. The molecule has 2 N–H and O–H groups in total. The van der Waals surface area contributed by atoms with E-state index in [1.807, 2.05) is 36.6 Å². The van der Waals surface area contributed by atoms with Crippen LogP contribution in [0.3, 0.4) is 0 Å². The van der Waals surface area contributed by atoms with E-state index < -0.39 is 0 Å². The van der Waals surface area contributed by atoms with Crippen molar-refractivity contribution in [3.05, 3.63) is 18.0 Å². The number of thioether (sulfide) groups is 1. The van der Waals surface area contributed by atoms with Crippen LogP contribution in [0.1, 0.15) is 18.9 Å². The molecule has 1 aromatic heterocycles. The van der Waals surface area contributed by atoms with Gasteiger partial charge in [0.2, 0.25) is 0 Å². The van der Waals surface area contributed by atoms with Crippen LogP contribution in [0.2, 0.25) is 0 Å². The van der Waals surface area contributed by atoms with E-state index in [9.17, 15) is 0 Å². The van der Waals surface area contributed by atoms with Crippen LogP contribution < -0.4 is 5.73 Å². The van der Waals surface area contributed by atoms with Crippen LogP contribution in [-0.2, 0) is 12.8 Å². The quantitative estimate of drug-likeness (QED) is 0.729. The molecule has 0 aromatic carbocycles. The Kier molecular flexibility index (Phi) is 4.32. The van der Waals surface area contributed by atoms with E-state index in [2.05, 4.69) is 11.3 Å². The van der Waals surface area contributed by atoms with E-state index in [4.69, 9.17) is 5.73 Å². The number of nitrogens with two attached hydrogens (primary N) is 1. The molecular formula is C9H17N3S. The largest absolute Gasteiger partial charge is 0.328 e. The molecule has 0 bridgehead atoms. The van der Waals surface area contributed by atoms with E-state index in [0.717, 1.165) is 17.9 Å². The highest BCUT2D eigenvalue weighted by Crippen LogP contribution is 2.12. The lowest BCUT2D eigenvalue weighted by atomic mass is 10.3. The maximum atomic E-state index is 5.65. The molecule has 0 radical (unpaired) electrons. The van der Waals surface area contributed by atoms with Gasteiger partial charge in [0, 0.05) is 25.0 Å². The smallest absolute Gasteiger partial charge is 0.0530 e. The fourth-order valence-electron chi connectivity index (χ4n) is 1.01. The van der Waals surface area contributed by atoms with Crippen LogP contribution in [0.25, 0.3) is 0 Å². The van der Waals surface area contributed by atoms with Gasteiger partial charge in [0.25, 0.3) is 0 Å². The van der Waals surface area contributed by atoms with Crippen LogP contribution >= 0.6 is 11.8 Å². The molecule has 0 saturated carbocycles. The van der Waals surface area contributed by atoms with Gasteiger partial charge in [-0.1, -0.05) is 0 Å². The Hall–Kier alpha value is -0.480. The van der Waals surface area contributed by atoms with E-state index in [1.54, 1.807) is 0 Å². The molecule has 1 rings (SSSR count). The SMILES string of the molecule is CC(N)CCSCc1cnn(C)c1. The van der Waals surface area contributed by atoms with Crippen molar-refractivity contribution < 1.29 is 0 Å². The minimum Gasteiger partial charge on any atom is -0.328 e. The first-order valence-electron chi connectivity index (χ1n) is 4.49. The summed E-state index contributed by atoms with van der Waals surface area (Å²) in [5.41, 5.74) is 6.94. The summed E-state index contributed by atoms with van der Waals surface area (Å²) >= 11 is 1.91. The maximum absolute atomic E-state index is 5.65. The number of hydrogen-bond donors (Lipinski definition) is 1. The normalized spacial score (nSPS) is 13.2. The van der Waals surface area contributed by atoms with E-state index in [1.165, 1.54) is 5.56 Å². The van der Waals surface area contributed by atoms with Crippen molar-refractivity contribution in [2.24, 2.45) is 12.8 Å². The number of aryl methyl sites for hydroxylation is 1. The van der Waals surface area contributed by atoms with Gasteiger partial charge < -0.3 is 5.73 Å². The summed E-state index contributed by atoms with van der Waals surface area (Å²) in [6, 6.07) is 0.321. The van der Waals surface area contributed by atoms with Gasteiger partial charge in [0.1, 0.15) is 0 Å². The second-order valence-corrected chi connectivity index (χ2v) is 4.45. The Morgan fingerprint density at radius 1 is 1.69 bits per heavy atom. The molecule has 3 nitrogen and oxygen atoms in total. The zero-order valence-electron chi connectivity index (χ0n) is 8.23. The predicted molar refractivity (Wildman–Crippen MR) is 57.6 cm³/mol. The van der Waals surface area contributed by atoms with E-state index >= 15 is 0 Å². The molecule has 1 atom stereocenters. The van der Waals surface area contributed by atoms with Gasteiger partial charge in [0.05, 0.1) is 6.20 Å². The minimum atomic E-state index is 0.321. The molecule has 1 unspecified atom stereocenters. The first kappa shape index (κ1) is 10.6. The average Bonchev–Trinajstić information content (AvgIpc) is 2.45. The first-order valence-corrected chi connectivity index (χ1v) is 5.65.